The minimum absolute atomic E-state index is 0.844. The van der Waals surface area contributed by atoms with E-state index in [2.05, 4.69) is 58.4 Å². The number of hydrogen-bond donors (Lipinski definition) is 1. The van der Waals surface area contributed by atoms with Crippen LogP contribution in [0, 0.1) is 6.92 Å². The van der Waals surface area contributed by atoms with Crippen molar-refractivity contribution in [2.45, 2.75) is 19.9 Å². The van der Waals surface area contributed by atoms with Gasteiger partial charge in [0.25, 0.3) is 0 Å². The molecule has 0 atom stereocenters. The minimum atomic E-state index is 0.844. The molecule has 0 fully saturated rings. The standard InChI is InChI=1S/C16H22N4S/c1-13-11-19-15(21-13)9-10-18-16(17-2)20(3)12-14-7-5-4-6-8-14/h4-8,11H,9-10,12H2,1-3H3,(H,17,18). The smallest absolute Gasteiger partial charge is 0.193 e. The van der Waals surface area contributed by atoms with Gasteiger partial charge in [-0.15, -0.1) is 11.3 Å². The number of guanidine groups is 1. The van der Waals surface area contributed by atoms with E-state index in [-0.39, 0.29) is 0 Å². The SMILES string of the molecule is CN=C(NCCc1ncc(C)s1)N(C)Cc1ccccc1. The van der Waals surface area contributed by atoms with E-state index in [0.29, 0.717) is 0 Å². The normalized spacial score (nSPS) is 11.5. The molecule has 0 aliphatic heterocycles. The number of rotatable bonds is 5. The van der Waals surface area contributed by atoms with Gasteiger partial charge in [0, 0.05) is 44.7 Å². The molecule has 0 aliphatic rings. The van der Waals surface area contributed by atoms with Crippen molar-refractivity contribution in [3.8, 4) is 0 Å². The molecule has 2 aromatic rings. The van der Waals surface area contributed by atoms with Crippen LogP contribution in [0.1, 0.15) is 15.4 Å². The molecular weight excluding hydrogens is 280 g/mol. The number of hydrogen-bond acceptors (Lipinski definition) is 3. The molecule has 1 aromatic carbocycles. The molecule has 1 aromatic heterocycles. The average molecular weight is 302 g/mol. The maximum absolute atomic E-state index is 4.38. The topological polar surface area (TPSA) is 40.5 Å². The van der Waals surface area contributed by atoms with Crippen molar-refractivity contribution in [2.24, 2.45) is 4.99 Å². The monoisotopic (exact) mass is 302 g/mol. The number of nitrogens with one attached hydrogen (secondary N) is 1. The molecule has 5 heteroatoms. The highest BCUT2D eigenvalue weighted by Gasteiger charge is 2.06. The Kier molecular flexibility index (Phi) is 5.75. The Hall–Kier alpha value is -1.88. The second-order valence-corrected chi connectivity index (χ2v) is 6.25. The maximum Gasteiger partial charge on any atom is 0.193 e. The highest BCUT2D eigenvalue weighted by atomic mass is 32.1. The Labute approximate surface area is 130 Å². The van der Waals surface area contributed by atoms with Crippen molar-refractivity contribution in [3.05, 3.63) is 52.0 Å². The Balaban J connectivity index is 1.82. The predicted molar refractivity (Wildman–Crippen MR) is 89.8 cm³/mol. The second kappa shape index (κ2) is 7.78. The first-order valence-corrected chi connectivity index (χ1v) is 7.87. The largest absolute Gasteiger partial charge is 0.356 e. The second-order valence-electron chi connectivity index (χ2n) is 4.93. The Morgan fingerprint density at radius 1 is 1.33 bits per heavy atom. The summed E-state index contributed by atoms with van der Waals surface area (Å²) in [5.74, 6) is 0.909. The van der Waals surface area contributed by atoms with Gasteiger partial charge in [0.2, 0.25) is 0 Å². The molecule has 2 rings (SSSR count). The van der Waals surface area contributed by atoms with Crippen molar-refractivity contribution < 1.29 is 0 Å². The van der Waals surface area contributed by atoms with Gasteiger partial charge in [-0.3, -0.25) is 4.99 Å². The van der Waals surface area contributed by atoms with Crippen molar-refractivity contribution in [2.75, 3.05) is 20.6 Å². The molecule has 1 N–H and O–H groups in total. The van der Waals surface area contributed by atoms with Gasteiger partial charge in [0.1, 0.15) is 0 Å². The van der Waals surface area contributed by atoms with E-state index in [9.17, 15) is 0 Å². The molecule has 0 amide bonds. The zero-order chi connectivity index (χ0) is 15.1. The third-order valence-electron chi connectivity index (χ3n) is 3.13. The third-order valence-corrected chi connectivity index (χ3v) is 4.10. The number of aromatic nitrogens is 1. The summed E-state index contributed by atoms with van der Waals surface area (Å²) < 4.78 is 0. The van der Waals surface area contributed by atoms with Crippen molar-refractivity contribution in [1.29, 1.82) is 0 Å². The summed E-state index contributed by atoms with van der Waals surface area (Å²) in [5, 5.41) is 4.56. The fraction of sp³-hybridized carbons (Fsp3) is 0.375. The van der Waals surface area contributed by atoms with Gasteiger partial charge in [-0.25, -0.2) is 4.98 Å². The van der Waals surface area contributed by atoms with Crippen LogP contribution in [-0.4, -0.2) is 36.5 Å². The van der Waals surface area contributed by atoms with Gasteiger partial charge >= 0.3 is 0 Å². The summed E-state index contributed by atoms with van der Waals surface area (Å²) in [6.07, 6.45) is 2.85. The van der Waals surface area contributed by atoms with E-state index < -0.39 is 0 Å². The van der Waals surface area contributed by atoms with Gasteiger partial charge in [-0.2, -0.15) is 0 Å². The lowest BCUT2D eigenvalue weighted by Crippen LogP contribution is -2.39. The van der Waals surface area contributed by atoms with Crippen LogP contribution in [0.4, 0.5) is 0 Å². The summed E-state index contributed by atoms with van der Waals surface area (Å²) in [7, 11) is 3.87. The lowest BCUT2D eigenvalue weighted by molar-refractivity contribution is 0.477. The summed E-state index contributed by atoms with van der Waals surface area (Å²) in [4.78, 5) is 12.1. The lowest BCUT2D eigenvalue weighted by atomic mass is 10.2. The van der Waals surface area contributed by atoms with Crippen LogP contribution >= 0.6 is 11.3 Å². The molecule has 0 saturated heterocycles. The van der Waals surface area contributed by atoms with Gasteiger partial charge < -0.3 is 10.2 Å². The minimum Gasteiger partial charge on any atom is -0.356 e. The summed E-state index contributed by atoms with van der Waals surface area (Å²) in [6.45, 7) is 3.77. The zero-order valence-corrected chi connectivity index (χ0v) is 13.7. The summed E-state index contributed by atoms with van der Waals surface area (Å²) >= 11 is 1.75. The van der Waals surface area contributed by atoms with Crippen LogP contribution in [-0.2, 0) is 13.0 Å². The quantitative estimate of drug-likeness (QED) is 0.682. The number of thiazole rings is 1. The maximum atomic E-state index is 4.38. The van der Waals surface area contributed by atoms with Crippen LogP contribution in [0.2, 0.25) is 0 Å². The Bertz CT molecular complexity index is 577. The molecule has 4 nitrogen and oxygen atoms in total. The Morgan fingerprint density at radius 3 is 2.71 bits per heavy atom. The molecule has 0 bridgehead atoms. The van der Waals surface area contributed by atoms with E-state index in [1.54, 1.807) is 11.3 Å². The number of aryl methyl sites for hydroxylation is 1. The van der Waals surface area contributed by atoms with Crippen molar-refractivity contribution in [3.63, 3.8) is 0 Å². The third kappa shape index (κ3) is 4.86. The van der Waals surface area contributed by atoms with E-state index in [1.165, 1.54) is 15.4 Å². The van der Waals surface area contributed by atoms with Crippen molar-refractivity contribution >= 4 is 17.3 Å². The molecule has 21 heavy (non-hydrogen) atoms. The first-order valence-electron chi connectivity index (χ1n) is 7.06. The molecular formula is C16H22N4S. The van der Waals surface area contributed by atoms with Crippen LogP contribution in [0.25, 0.3) is 0 Å². The molecule has 112 valence electrons. The molecule has 0 radical (unpaired) electrons. The first-order chi connectivity index (χ1) is 10.2. The molecule has 0 saturated carbocycles. The van der Waals surface area contributed by atoms with Crippen LogP contribution in [0.3, 0.4) is 0 Å². The van der Waals surface area contributed by atoms with Crippen LogP contribution in [0.15, 0.2) is 41.5 Å². The fourth-order valence-corrected chi connectivity index (χ4v) is 2.90. The highest BCUT2D eigenvalue weighted by Crippen LogP contribution is 2.11. The molecule has 0 spiro atoms. The van der Waals surface area contributed by atoms with E-state index in [1.807, 2.05) is 19.3 Å². The lowest BCUT2D eigenvalue weighted by Gasteiger charge is -2.22. The summed E-state index contributed by atoms with van der Waals surface area (Å²) in [5.41, 5.74) is 1.28. The van der Waals surface area contributed by atoms with Crippen LogP contribution < -0.4 is 5.32 Å². The highest BCUT2D eigenvalue weighted by molar-refractivity contribution is 7.11. The number of nitrogens with zero attached hydrogens (tertiary/aromatic N) is 3. The molecule has 0 unspecified atom stereocenters. The van der Waals surface area contributed by atoms with Crippen LogP contribution in [0.5, 0.6) is 0 Å². The zero-order valence-electron chi connectivity index (χ0n) is 12.8. The van der Waals surface area contributed by atoms with Crippen molar-refractivity contribution in [1.82, 2.24) is 15.2 Å². The van der Waals surface area contributed by atoms with E-state index >= 15 is 0 Å². The number of aliphatic imine (C=N–C) groups is 1. The van der Waals surface area contributed by atoms with Gasteiger partial charge in [-0.05, 0) is 12.5 Å². The summed E-state index contributed by atoms with van der Waals surface area (Å²) in [6, 6.07) is 10.4. The predicted octanol–water partition coefficient (Wildman–Crippen LogP) is 2.70. The first kappa shape index (κ1) is 15.5. The van der Waals surface area contributed by atoms with Gasteiger partial charge in [0.05, 0.1) is 5.01 Å². The van der Waals surface area contributed by atoms with E-state index in [0.717, 1.165) is 25.5 Å². The van der Waals surface area contributed by atoms with Gasteiger partial charge in [0.15, 0.2) is 5.96 Å². The number of benzene rings is 1. The average Bonchev–Trinajstić information content (AvgIpc) is 2.90. The fourth-order valence-electron chi connectivity index (χ4n) is 2.12. The molecule has 0 aliphatic carbocycles. The van der Waals surface area contributed by atoms with Gasteiger partial charge in [-0.1, -0.05) is 30.3 Å². The Morgan fingerprint density at radius 2 is 2.10 bits per heavy atom. The van der Waals surface area contributed by atoms with E-state index in [4.69, 9.17) is 0 Å². The molecule has 1 heterocycles.